The first-order chi connectivity index (χ1) is 10.5. The molecular formula is C13H10BrClF3NO2S2. The van der Waals surface area contributed by atoms with E-state index in [-0.39, 0.29) is 11.6 Å². The standard InChI is InChI=1S/C13H10BrClF3NO2S2/c1-19(7-9-3-5-12(14)22-9)23(20,21)11-4-2-8(15)6-10(11)13(16,17)18/h2-6H,7H2,1H3. The van der Waals surface area contributed by atoms with Crippen molar-refractivity contribution in [3.63, 3.8) is 0 Å². The zero-order valence-electron chi connectivity index (χ0n) is 11.6. The molecule has 0 unspecified atom stereocenters. The number of alkyl halides is 3. The molecule has 0 saturated carbocycles. The van der Waals surface area contributed by atoms with Gasteiger partial charge in [0.05, 0.1) is 14.2 Å². The molecule has 0 atom stereocenters. The fraction of sp³-hybridized carbons (Fsp3) is 0.231. The van der Waals surface area contributed by atoms with E-state index < -0.39 is 26.7 Å². The topological polar surface area (TPSA) is 37.4 Å². The monoisotopic (exact) mass is 447 g/mol. The van der Waals surface area contributed by atoms with E-state index in [1.807, 2.05) is 0 Å². The highest BCUT2D eigenvalue weighted by molar-refractivity contribution is 9.11. The molecule has 0 N–H and O–H groups in total. The van der Waals surface area contributed by atoms with Gasteiger partial charge in [-0.1, -0.05) is 11.6 Å². The Morgan fingerprint density at radius 1 is 1.26 bits per heavy atom. The van der Waals surface area contributed by atoms with Crippen molar-refractivity contribution in [1.29, 1.82) is 0 Å². The number of nitrogens with zero attached hydrogens (tertiary/aromatic N) is 1. The molecule has 0 bridgehead atoms. The molecule has 3 nitrogen and oxygen atoms in total. The van der Waals surface area contributed by atoms with Gasteiger partial charge in [-0.2, -0.15) is 17.5 Å². The summed E-state index contributed by atoms with van der Waals surface area (Å²) in [7, 11) is -3.08. The van der Waals surface area contributed by atoms with Crippen LogP contribution in [0.5, 0.6) is 0 Å². The Kier molecular flexibility index (Phi) is 5.47. The number of thiophene rings is 1. The van der Waals surface area contributed by atoms with Crippen molar-refractivity contribution >= 4 is 48.9 Å². The number of hydrogen-bond acceptors (Lipinski definition) is 3. The Morgan fingerprint density at radius 3 is 2.43 bits per heavy atom. The number of halogens is 5. The lowest BCUT2D eigenvalue weighted by Crippen LogP contribution is -2.28. The highest BCUT2D eigenvalue weighted by Crippen LogP contribution is 2.37. The molecule has 0 amide bonds. The maximum absolute atomic E-state index is 13.1. The van der Waals surface area contributed by atoms with Gasteiger partial charge in [0.25, 0.3) is 0 Å². The molecule has 1 heterocycles. The van der Waals surface area contributed by atoms with Gasteiger partial charge in [0, 0.05) is 23.5 Å². The van der Waals surface area contributed by atoms with Crippen LogP contribution in [0.3, 0.4) is 0 Å². The summed E-state index contributed by atoms with van der Waals surface area (Å²) in [5, 5.41) is -0.180. The van der Waals surface area contributed by atoms with E-state index in [2.05, 4.69) is 15.9 Å². The van der Waals surface area contributed by atoms with Crippen LogP contribution in [0.15, 0.2) is 39.0 Å². The van der Waals surface area contributed by atoms with Crippen molar-refractivity contribution in [1.82, 2.24) is 4.31 Å². The SMILES string of the molecule is CN(Cc1ccc(Br)s1)S(=O)(=O)c1ccc(Cl)cc1C(F)(F)F. The minimum absolute atomic E-state index is 0.0292. The van der Waals surface area contributed by atoms with Gasteiger partial charge in [0.15, 0.2) is 0 Å². The van der Waals surface area contributed by atoms with Gasteiger partial charge in [-0.15, -0.1) is 11.3 Å². The van der Waals surface area contributed by atoms with Crippen molar-refractivity contribution in [3.8, 4) is 0 Å². The molecule has 0 spiro atoms. The third-order valence-corrected chi connectivity index (χ3v) is 6.65. The third-order valence-electron chi connectivity index (χ3n) is 2.94. The molecule has 2 rings (SSSR count). The predicted octanol–water partition coefficient (Wildman–Crippen LogP) is 5.00. The molecule has 10 heteroatoms. The van der Waals surface area contributed by atoms with Crippen LogP contribution >= 0.6 is 38.9 Å². The zero-order chi connectivity index (χ0) is 17.4. The van der Waals surface area contributed by atoms with Gasteiger partial charge in [0.1, 0.15) is 0 Å². The fourth-order valence-electron chi connectivity index (χ4n) is 1.86. The lowest BCUT2D eigenvalue weighted by Gasteiger charge is -2.20. The molecule has 0 radical (unpaired) electrons. The first-order valence-electron chi connectivity index (χ1n) is 6.09. The van der Waals surface area contributed by atoms with E-state index in [1.165, 1.54) is 18.4 Å². The van der Waals surface area contributed by atoms with Gasteiger partial charge >= 0.3 is 6.18 Å². The number of sulfonamides is 1. The normalized spacial score (nSPS) is 12.8. The van der Waals surface area contributed by atoms with Gasteiger partial charge in [-0.05, 0) is 46.3 Å². The van der Waals surface area contributed by atoms with E-state index >= 15 is 0 Å². The molecular weight excluding hydrogens is 439 g/mol. The smallest absolute Gasteiger partial charge is 0.207 e. The second-order valence-electron chi connectivity index (χ2n) is 4.61. The van der Waals surface area contributed by atoms with Crippen molar-refractivity contribution in [2.75, 3.05) is 7.05 Å². The molecule has 23 heavy (non-hydrogen) atoms. The first-order valence-corrected chi connectivity index (χ1v) is 9.52. The summed E-state index contributed by atoms with van der Waals surface area (Å²) in [5.41, 5.74) is -1.27. The lowest BCUT2D eigenvalue weighted by atomic mass is 10.2. The Balaban J connectivity index is 2.43. The molecule has 1 aromatic heterocycles. The molecule has 2 aromatic rings. The number of benzene rings is 1. The van der Waals surface area contributed by atoms with E-state index in [9.17, 15) is 21.6 Å². The molecule has 0 aliphatic carbocycles. The van der Waals surface area contributed by atoms with Crippen molar-refractivity contribution < 1.29 is 21.6 Å². The molecule has 1 aromatic carbocycles. The maximum atomic E-state index is 13.1. The van der Waals surface area contributed by atoms with Crippen molar-refractivity contribution in [2.24, 2.45) is 0 Å². The Morgan fingerprint density at radius 2 is 1.91 bits per heavy atom. The van der Waals surface area contributed by atoms with Crippen LogP contribution < -0.4 is 0 Å². The van der Waals surface area contributed by atoms with Crippen LogP contribution in [0.4, 0.5) is 13.2 Å². The first kappa shape index (κ1) is 18.7. The summed E-state index contributed by atoms with van der Waals surface area (Å²) in [6, 6.07) is 6.06. The van der Waals surface area contributed by atoms with Gasteiger partial charge in [-0.25, -0.2) is 8.42 Å². The van der Waals surface area contributed by atoms with Gasteiger partial charge in [0.2, 0.25) is 10.0 Å². The van der Waals surface area contributed by atoms with E-state index in [1.54, 1.807) is 12.1 Å². The van der Waals surface area contributed by atoms with Gasteiger partial charge < -0.3 is 0 Å². The van der Waals surface area contributed by atoms with Crippen molar-refractivity contribution in [3.05, 3.63) is 49.6 Å². The van der Waals surface area contributed by atoms with Crippen LogP contribution in [0.2, 0.25) is 5.02 Å². The molecule has 0 aliphatic heterocycles. The number of hydrogen-bond donors (Lipinski definition) is 0. The van der Waals surface area contributed by atoms with Crippen molar-refractivity contribution in [2.45, 2.75) is 17.6 Å². The Bertz CT molecular complexity index is 821. The minimum Gasteiger partial charge on any atom is -0.207 e. The largest absolute Gasteiger partial charge is 0.417 e. The summed E-state index contributed by atoms with van der Waals surface area (Å²) < 4.78 is 66.0. The average Bonchev–Trinajstić information content (AvgIpc) is 2.82. The van der Waals surface area contributed by atoms with Crippen LogP contribution in [-0.2, 0) is 22.7 Å². The summed E-state index contributed by atoms with van der Waals surface area (Å²) in [5.74, 6) is 0. The Hall–Kier alpha value is -0.610. The van der Waals surface area contributed by atoms with E-state index in [0.717, 1.165) is 20.2 Å². The average molecular weight is 449 g/mol. The van der Waals surface area contributed by atoms with Gasteiger partial charge in [-0.3, -0.25) is 0 Å². The third kappa shape index (κ3) is 4.27. The summed E-state index contributed by atoms with van der Waals surface area (Å²) >= 11 is 10.1. The van der Waals surface area contributed by atoms with Crippen LogP contribution in [0, 0.1) is 0 Å². The minimum atomic E-state index is -4.82. The maximum Gasteiger partial charge on any atom is 0.417 e. The second-order valence-corrected chi connectivity index (χ2v) is 9.60. The van der Waals surface area contributed by atoms with E-state index in [0.29, 0.717) is 10.9 Å². The lowest BCUT2D eigenvalue weighted by molar-refractivity contribution is -0.139. The molecule has 0 aliphatic rings. The molecule has 126 valence electrons. The Labute approximate surface area is 148 Å². The summed E-state index contributed by atoms with van der Waals surface area (Å²) in [4.78, 5) is -0.113. The highest BCUT2D eigenvalue weighted by Gasteiger charge is 2.38. The highest BCUT2D eigenvalue weighted by atomic mass is 79.9. The predicted molar refractivity (Wildman–Crippen MR) is 87.1 cm³/mol. The van der Waals surface area contributed by atoms with Crippen LogP contribution in [-0.4, -0.2) is 19.8 Å². The summed E-state index contributed by atoms with van der Waals surface area (Å²) in [6.45, 7) is -0.0292. The quantitative estimate of drug-likeness (QED) is 0.660. The van der Waals surface area contributed by atoms with Crippen LogP contribution in [0.25, 0.3) is 0 Å². The zero-order valence-corrected chi connectivity index (χ0v) is 15.5. The number of rotatable bonds is 4. The molecule has 0 fully saturated rings. The van der Waals surface area contributed by atoms with Crippen LogP contribution in [0.1, 0.15) is 10.4 Å². The van der Waals surface area contributed by atoms with E-state index in [4.69, 9.17) is 11.6 Å². The summed E-state index contributed by atoms with van der Waals surface area (Å²) in [6.07, 6.45) is -4.82. The second kappa shape index (κ2) is 6.72. The molecule has 0 saturated heterocycles. The fourth-order valence-corrected chi connectivity index (χ4v) is 4.99.